The molecule has 4 aromatic rings. The Morgan fingerprint density at radius 1 is 0.872 bits per heavy atom. The van der Waals surface area contributed by atoms with Crippen molar-refractivity contribution in [3.05, 3.63) is 125 Å². The molecular weight excluding hydrogens is 493 g/mol. The van der Waals surface area contributed by atoms with E-state index in [1.165, 1.54) is 29.2 Å². The minimum Gasteiger partial charge on any atom is -0.497 e. The van der Waals surface area contributed by atoms with E-state index in [4.69, 9.17) is 4.74 Å². The zero-order valence-corrected chi connectivity index (χ0v) is 22.6. The van der Waals surface area contributed by atoms with Crippen LogP contribution in [0, 0.1) is 5.82 Å². The summed E-state index contributed by atoms with van der Waals surface area (Å²) in [5.74, 6) is -0.0945. The van der Waals surface area contributed by atoms with E-state index in [0.717, 1.165) is 22.6 Å². The zero-order valence-electron chi connectivity index (χ0n) is 22.6. The van der Waals surface area contributed by atoms with Gasteiger partial charge in [0.05, 0.1) is 13.7 Å². The number of hydrogen-bond acceptors (Lipinski definition) is 3. The van der Waals surface area contributed by atoms with Gasteiger partial charge in [0.2, 0.25) is 5.91 Å². The molecule has 0 aliphatic heterocycles. The van der Waals surface area contributed by atoms with E-state index in [0.29, 0.717) is 25.2 Å². The van der Waals surface area contributed by atoms with E-state index < -0.39 is 5.82 Å². The number of aromatic nitrogens is 1. The van der Waals surface area contributed by atoms with E-state index in [1.54, 1.807) is 12.0 Å². The smallest absolute Gasteiger partial charge is 0.254 e. The van der Waals surface area contributed by atoms with Crippen LogP contribution in [0.1, 0.15) is 41.0 Å². The van der Waals surface area contributed by atoms with Crippen LogP contribution in [0.3, 0.4) is 0 Å². The Bertz CT molecular complexity index is 1380. The fourth-order valence-electron chi connectivity index (χ4n) is 4.44. The molecule has 7 heteroatoms. The predicted molar refractivity (Wildman–Crippen MR) is 150 cm³/mol. The zero-order chi connectivity index (χ0) is 27.8. The molecule has 1 aromatic heterocycles. The van der Waals surface area contributed by atoms with E-state index in [1.807, 2.05) is 86.8 Å². The maximum atomic E-state index is 13.8. The van der Waals surface area contributed by atoms with Crippen LogP contribution in [0.4, 0.5) is 4.39 Å². The van der Waals surface area contributed by atoms with Gasteiger partial charge in [0.15, 0.2) is 0 Å². The number of rotatable bonds is 11. The van der Waals surface area contributed by atoms with Crippen LogP contribution in [-0.4, -0.2) is 45.9 Å². The van der Waals surface area contributed by atoms with Crippen molar-refractivity contribution in [3.8, 4) is 5.75 Å². The molecule has 0 aliphatic rings. The lowest BCUT2D eigenvalue weighted by Gasteiger charge is -2.30. The molecule has 0 unspecified atom stereocenters. The Hall–Kier alpha value is -4.39. The number of nitrogens with zero attached hydrogens (tertiary/aromatic N) is 3. The molecule has 1 heterocycles. The van der Waals surface area contributed by atoms with Gasteiger partial charge in [0.25, 0.3) is 5.91 Å². The van der Waals surface area contributed by atoms with E-state index in [9.17, 15) is 14.0 Å². The Labute approximate surface area is 229 Å². The first-order chi connectivity index (χ1) is 18.8. The number of ether oxygens (including phenoxy) is 1. The van der Waals surface area contributed by atoms with Crippen molar-refractivity contribution >= 4 is 11.8 Å². The van der Waals surface area contributed by atoms with Gasteiger partial charge in [-0.3, -0.25) is 9.59 Å². The lowest BCUT2D eigenvalue weighted by Crippen LogP contribution is -2.45. The summed E-state index contributed by atoms with van der Waals surface area (Å²) < 4.78 is 20.9. The topological polar surface area (TPSA) is 54.8 Å². The van der Waals surface area contributed by atoms with Crippen molar-refractivity contribution in [2.24, 2.45) is 0 Å². The van der Waals surface area contributed by atoms with Crippen LogP contribution in [0.25, 0.3) is 0 Å². The van der Waals surface area contributed by atoms with Crippen LogP contribution in [-0.2, 0) is 24.4 Å². The molecule has 3 aromatic carbocycles. The molecule has 0 saturated carbocycles. The molecule has 0 aliphatic carbocycles. The number of hydrogen-bond donors (Lipinski definition) is 0. The molecule has 39 heavy (non-hydrogen) atoms. The van der Waals surface area contributed by atoms with Gasteiger partial charge < -0.3 is 19.1 Å². The second kappa shape index (κ2) is 12.9. The fourth-order valence-corrected chi connectivity index (χ4v) is 4.44. The second-order valence-corrected chi connectivity index (χ2v) is 9.75. The van der Waals surface area contributed by atoms with Gasteiger partial charge in [0.1, 0.15) is 18.1 Å². The Balaban J connectivity index is 1.56. The average Bonchev–Trinajstić information content (AvgIpc) is 3.38. The fraction of sp³-hybridized carbons (Fsp3) is 0.250. The maximum Gasteiger partial charge on any atom is 0.254 e. The van der Waals surface area contributed by atoms with Crippen molar-refractivity contribution in [2.45, 2.75) is 39.5 Å². The Morgan fingerprint density at radius 2 is 1.59 bits per heavy atom. The molecule has 0 N–H and O–H groups in total. The number of carbonyl (C=O) groups excluding carboxylic acids is 2. The van der Waals surface area contributed by atoms with Gasteiger partial charge in [0, 0.05) is 36.6 Å². The summed E-state index contributed by atoms with van der Waals surface area (Å²) in [6.07, 6.45) is 2.00. The summed E-state index contributed by atoms with van der Waals surface area (Å²) in [6, 6.07) is 26.9. The lowest BCUT2D eigenvalue weighted by molar-refractivity contribution is -0.133. The van der Waals surface area contributed by atoms with Gasteiger partial charge in [-0.2, -0.15) is 0 Å². The third-order valence-electron chi connectivity index (χ3n) is 6.61. The van der Waals surface area contributed by atoms with E-state index in [-0.39, 0.29) is 24.4 Å². The van der Waals surface area contributed by atoms with Crippen LogP contribution >= 0.6 is 0 Å². The highest BCUT2D eigenvalue weighted by Crippen LogP contribution is 2.18. The maximum absolute atomic E-state index is 13.8. The third-order valence-corrected chi connectivity index (χ3v) is 6.61. The quantitative estimate of drug-likeness (QED) is 0.249. The van der Waals surface area contributed by atoms with Crippen molar-refractivity contribution in [1.29, 1.82) is 0 Å². The summed E-state index contributed by atoms with van der Waals surface area (Å²) in [6.45, 7) is 5.07. The molecule has 202 valence electrons. The molecule has 0 saturated heterocycles. The first-order valence-electron chi connectivity index (χ1n) is 13.0. The van der Waals surface area contributed by atoms with Crippen LogP contribution in [0.2, 0.25) is 0 Å². The molecule has 0 bridgehead atoms. The number of amides is 2. The molecule has 2 amide bonds. The van der Waals surface area contributed by atoms with Crippen molar-refractivity contribution < 1.29 is 18.7 Å². The normalized spacial score (nSPS) is 10.9. The molecule has 0 spiro atoms. The number of carbonyl (C=O) groups is 2. The van der Waals surface area contributed by atoms with Crippen molar-refractivity contribution in [3.63, 3.8) is 0 Å². The minimum absolute atomic E-state index is 0.0860. The van der Waals surface area contributed by atoms with Gasteiger partial charge in [-0.1, -0.05) is 42.5 Å². The van der Waals surface area contributed by atoms with Crippen LogP contribution in [0.5, 0.6) is 5.75 Å². The van der Waals surface area contributed by atoms with E-state index in [2.05, 4.69) is 4.57 Å². The highest BCUT2D eigenvalue weighted by atomic mass is 19.1. The molecule has 0 atom stereocenters. The number of methoxy groups -OCH3 is 1. The van der Waals surface area contributed by atoms with Crippen LogP contribution < -0.4 is 4.74 Å². The van der Waals surface area contributed by atoms with E-state index >= 15 is 0 Å². The Kier molecular flexibility index (Phi) is 9.15. The summed E-state index contributed by atoms with van der Waals surface area (Å²) >= 11 is 0. The van der Waals surface area contributed by atoms with Gasteiger partial charge >= 0.3 is 0 Å². The first-order valence-corrected chi connectivity index (χ1v) is 13.0. The SMILES string of the molecule is COc1cccc(Cn2cccc2CN(Cc2ccccc2)C(=O)CN(C(=O)c2ccc(F)cc2)C(C)C)c1. The number of halogens is 1. The standard InChI is InChI=1S/C32H34FN3O3/c1-24(2)36(32(38)27-14-16-28(33)17-15-27)23-31(37)35(20-25-9-5-4-6-10-25)22-29-12-8-18-34(29)21-26-11-7-13-30(19-26)39-3/h4-19,24H,20-23H2,1-3H3. The first kappa shape index (κ1) is 27.6. The van der Waals surface area contributed by atoms with Crippen molar-refractivity contribution in [1.82, 2.24) is 14.4 Å². The summed E-state index contributed by atoms with van der Waals surface area (Å²) in [4.78, 5) is 30.3. The molecular formula is C32H34FN3O3. The highest BCUT2D eigenvalue weighted by molar-refractivity contribution is 5.96. The Morgan fingerprint density at radius 3 is 2.28 bits per heavy atom. The summed E-state index contributed by atoms with van der Waals surface area (Å²) in [5.41, 5.74) is 3.41. The van der Waals surface area contributed by atoms with Crippen LogP contribution in [0.15, 0.2) is 97.2 Å². The molecule has 0 fully saturated rings. The average molecular weight is 528 g/mol. The van der Waals surface area contributed by atoms with Gasteiger partial charge in [-0.25, -0.2) is 4.39 Å². The minimum atomic E-state index is -0.412. The highest BCUT2D eigenvalue weighted by Gasteiger charge is 2.25. The van der Waals surface area contributed by atoms with Gasteiger partial charge in [-0.15, -0.1) is 0 Å². The summed E-state index contributed by atoms with van der Waals surface area (Å²) in [5, 5.41) is 0. The molecule has 6 nitrogen and oxygen atoms in total. The van der Waals surface area contributed by atoms with Crippen molar-refractivity contribution in [2.75, 3.05) is 13.7 Å². The molecule has 0 radical (unpaired) electrons. The second-order valence-electron chi connectivity index (χ2n) is 9.75. The predicted octanol–water partition coefficient (Wildman–Crippen LogP) is 5.76. The summed E-state index contributed by atoms with van der Waals surface area (Å²) in [7, 11) is 1.65. The largest absolute Gasteiger partial charge is 0.497 e. The third kappa shape index (κ3) is 7.35. The number of benzene rings is 3. The monoisotopic (exact) mass is 527 g/mol. The molecule has 4 rings (SSSR count). The van der Waals surface area contributed by atoms with Gasteiger partial charge in [-0.05, 0) is 73.5 Å². The lowest BCUT2D eigenvalue weighted by atomic mass is 10.1.